The van der Waals surface area contributed by atoms with Crippen molar-refractivity contribution in [2.24, 2.45) is 0 Å². The average molecular weight is 602 g/mol. The summed E-state index contributed by atoms with van der Waals surface area (Å²) in [6.45, 7) is 3.75. The van der Waals surface area contributed by atoms with Gasteiger partial charge in [-0.25, -0.2) is 18.6 Å². The van der Waals surface area contributed by atoms with Gasteiger partial charge in [-0.05, 0) is 59.7 Å². The molecule has 12 heteroatoms. The molecule has 218 valence electrons. The third kappa shape index (κ3) is 7.11. The highest BCUT2D eigenvalue weighted by molar-refractivity contribution is 7.14. The molecular weight excluding hydrogens is 576 g/mol. The van der Waals surface area contributed by atoms with Crippen LogP contribution < -0.4 is 16.0 Å². The summed E-state index contributed by atoms with van der Waals surface area (Å²) in [5.74, 6) is -0.868. The van der Waals surface area contributed by atoms with Crippen LogP contribution in [-0.2, 0) is 22.7 Å². The van der Waals surface area contributed by atoms with E-state index in [0.29, 0.717) is 33.7 Å². The summed E-state index contributed by atoms with van der Waals surface area (Å²) in [6, 6.07) is 24.0. The summed E-state index contributed by atoms with van der Waals surface area (Å²) < 4.78 is 33.2. The first-order chi connectivity index (χ1) is 20.8. The van der Waals surface area contributed by atoms with Crippen LogP contribution >= 0.6 is 11.3 Å². The molecule has 2 heterocycles. The molecule has 0 aliphatic heterocycles. The van der Waals surface area contributed by atoms with Crippen LogP contribution in [0.15, 0.2) is 97.6 Å². The summed E-state index contributed by atoms with van der Waals surface area (Å²) in [6.07, 6.45) is -2.13. The molecule has 3 aromatic carbocycles. The van der Waals surface area contributed by atoms with Gasteiger partial charge in [0.1, 0.15) is 6.61 Å². The van der Waals surface area contributed by atoms with Gasteiger partial charge in [-0.15, -0.1) is 11.3 Å². The number of carbonyl (C=O) groups is 3. The van der Waals surface area contributed by atoms with Gasteiger partial charge in [0.25, 0.3) is 12.3 Å². The van der Waals surface area contributed by atoms with E-state index in [4.69, 9.17) is 4.74 Å². The molecule has 3 amide bonds. The molecule has 0 unspecified atom stereocenters. The first-order valence-electron chi connectivity index (χ1n) is 13.0. The molecule has 0 aliphatic rings. The second-order valence-electron chi connectivity index (χ2n) is 9.21. The van der Waals surface area contributed by atoms with E-state index in [1.54, 1.807) is 47.0 Å². The van der Waals surface area contributed by atoms with Crippen LogP contribution in [0.5, 0.6) is 0 Å². The zero-order chi connectivity index (χ0) is 30.3. The molecule has 0 saturated carbocycles. The second kappa shape index (κ2) is 13.1. The van der Waals surface area contributed by atoms with Crippen molar-refractivity contribution in [3.63, 3.8) is 0 Å². The number of hydrogen-bond donors (Lipinski definition) is 3. The van der Waals surface area contributed by atoms with E-state index < -0.39 is 24.3 Å². The Morgan fingerprint density at radius 3 is 2.51 bits per heavy atom. The van der Waals surface area contributed by atoms with Crippen molar-refractivity contribution in [3.05, 3.63) is 118 Å². The van der Waals surface area contributed by atoms with E-state index >= 15 is 0 Å². The van der Waals surface area contributed by atoms with Crippen LogP contribution in [-0.4, -0.2) is 27.5 Å². The lowest BCUT2D eigenvalue weighted by Crippen LogP contribution is -2.23. The van der Waals surface area contributed by atoms with Crippen LogP contribution in [0.25, 0.3) is 16.7 Å². The van der Waals surface area contributed by atoms with Crippen LogP contribution in [0, 0.1) is 0 Å². The number of rotatable bonds is 10. The topological polar surface area (TPSA) is 114 Å². The highest BCUT2D eigenvalue weighted by Crippen LogP contribution is 2.30. The van der Waals surface area contributed by atoms with Crippen LogP contribution in [0.3, 0.4) is 0 Å². The van der Waals surface area contributed by atoms with E-state index in [0.717, 1.165) is 17.2 Å². The zero-order valence-corrected chi connectivity index (χ0v) is 23.4. The van der Waals surface area contributed by atoms with Gasteiger partial charge in [0.2, 0.25) is 11.9 Å². The number of benzene rings is 3. The van der Waals surface area contributed by atoms with Crippen LogP contribution in [0.1, 0.15) is 32.1 Å². The third-order valence-electron chi connectivity index (χ3n) is 6.22. The molecule has 3 N–H and O–H groups in total. The molecule has 43 heavy (non-hydrogen) atoms. The molecule has 0 atom stereocenters. The van der Waals surface area contributed by atoms with E-state index in [-0.39, 0.29) is 28.9 Å². The lowest BCUT2D eigenvalue weighted by Gasteiger charge is -2.12. The Morgan fingerprint density at radius 1 is 0.953 bits per heavy atom. The van der Waals surface area contributed by atoms with Gasteiger partial charge < -0.3 is 15.4 Å². The van der Waals surface area contributed by atoms with Gasteiger partial charge in [-0.3, -0.25) is 19.5 Å². The number of fused-ring (bicyclic) bond motifs is 1. The molecule has 0 spiro atoms. The first-order valence-corrected chi connectivity index (χ1v) is 13.8. The predicted octanol–water partition coefficient (Wildman–Crippen LogP) is 6.83. The standard InChI is InChI=1S/C31H25F2N5O4S/c1-2-27(39)35-21-9-6-10-22(16-21)38-24-12-11-20(17-34-31(41)42-18-19-7-4-3-5-8-19)15-23(24)36-30(38)37-29(40)26-14-13-25(43-26)28(32)33/h2-16,28H,1,17-18H2,(H,34,41)(H,35,39)(H,36,37,40). The Kier molecular flexibility index (Phi) is 8.87. The Hall–Kier alpha value is -5.36. The Bertz CT molecular complexity index is 1800. The minimum Gasteiger partial charge on any atom is -0.445 e. The van der Waals surface area contributed by atoms with Crippen molar-refractivity contribution in [1.82, 2.24) is 14.9 Å². The molecule has 0 saturated heterocycles. The number of ether oxygens (including phenoxy) is 1. The second-order valence-corrected chi connectivity index (χ2v) is 10.3. The smallest absolute Gasteiger partial charge is 0.407 e. The number of nitrogens with zero attached hydrogens (tertiary/aromatic N) is 2. The van der Waals surface area contributed by atoms with Gasteiger partial charge >= 0.3 is 6.09 Å². The normalized spacial score (nSPS) is 10.9. The number of amides is 3. The van der Waals surface area contributed by atoms with E-state index in [2.05, 4.69) is 27.5 Å². The number of imidazole rings is 1. The lowest BCUT2D eigenvalue weighted by molar-refractivity contribution is -0.111. The Morgan fingerprint density at radius 2 is 1.77 bits per heavy atom. The van der Waals surface area contributed by atoms with E-state index in [1.807, 2.05) is 30.3 Å². The van der Waals surface area contributed by atoms with Gasteiger partial charge in [0, 0.05) is 12.2 Å². The number of halogens is 2. The molecule has 0 aliphatic carbocycles. The number of nitrogens with one attached hydrogen (secondary N) is 3. The Balaban J connectivity index is 1.42. The van der Waals surface area contributed by atoms with E-state index in [9.17, 15) is 23.2 Å². The fraction of sp³-hybridized carbons (Fsp3) is 0.0968. The number of carbonyl (C=O) groups excluding carboxylic acids is 3. The summed E-state index contributed by atoms with van der Waals surface area (Å²) in [4.78, 5) is 41.6. The van der Waals surface area contributed by atoms with E-state index in [1.165, 1.54) is 12.1 Å². The van der Waals surface area contributed by atoms with Crippen LogP contribution in [0.4, 0.5) is 25.2 Å². The minimum absolute atomic E-state index is 0.0970. The largest absolute Gasteiger partial charge is 0.445 e. The van der Waals surface area contributed by atoms with Crippen molar-refractivity contribution in [3.8, 4) is 5.69 Å². The number of anilines is 2. The Labute approximate surface area is 248 Å². The van der Waals surface area contributed by atoms with Gasteiger partial charge in [0.15, 0.2) is 0 Å². The van der Waals surface area contributed by atoms with Crippen molar-refractivity contribution >= 4 is 51.9 Å². The highest BCUT2D eigenvalue weighted by Gasteiger charge is 2.20. The number of hydrogen-bond acceptors (Lipinski definition) is 6. The molecule has 5 aromatic rings. The summed E-state index contributed by atoms with van der Waals surface area (Å²) in [5, 5.41) is 8.13. The number of aromatic nitrogens is 2. The third-order valence-corrected chi connectivity index (χ3v) is 7.31. The number of alkyl halides is 2. The number of alkyl carbamates (subject to hydrolysis) is 1. The molecule has 0 fully saturated rings. The maximum Gasteiger partial charge on any atom is 0.407 e. The van der Waals surface area contributed by atoms with Crippen molar-refractivity contribution < 1.29 is 27.9 Å². The number of thiophene rings is 1. The highest BCUT2D eigenvalue weighted by atomic mass is 32.1. The van der Waals surface area contributed by atoms with Gasteiger partial charge in [-0.1, -0.05) is 49.0 Å². The summed E-state index contributed by atoms with van der Waals surface area (Å²) >= 11 is 0.695. The molecular formula is C31H25F2N5O4S. The maximum atomic E-state index is 13.1. The zero-order valence-electron chi connectivity index (χ0n) is 22.6. The average Bonchev–Trinajstić information content (AvgIpc) is 3.65. The lowest BCUT2D eigenvalue weighted by atomic mass is 10.2. The summed E-state index contributed by atoms with van der Waals surface area (Å²) in [7, 11) is 0. The van der Waals surface area contributed by atoms with Crippen molar-refractivity contribution in [1.29, 1.82) is 0 Å². The monoisotopic (exact) mass is 601 g/mol. The minimum atomic E-state index is -2.69. The molecule has 5 rings (SSSR count). The fourth-order valence-corrected chi connectivity index (χ4v) is 4.96. The SMILES string of the molecule is C=CC(=O)Nc1cccc(-n2c(NC(=O)c3ccc(C(F)F)s3)nc3cc(CNC(=O)OCc4ccccc4)ccc32)c1. The van der Waals surface area contributed by atoms with Crippen molar-refractivity contribution in [2.75, 3.05) is 10.6 Å². The first kappa shape index (κ1) is 29.1. The molecule has 0 bridgehead atoms. The van der Waals surface area contributed by atoms with Gasteiger partial charge in [-0.2, -0.15) is 0 Å². The van der Waals surface area contributed by atoms with Crippen LogP contribution in [0.2, 0.25) is 0 Å². The fourth-order valence-electron chi connectivity index (χ4n) is 4.20. The van der Waals surface area contributed by atoms with Gasteiger partial charge in [0.05, 0.1) is 26.5 Å². The summed E-state index contributed by atoms with van der Waals surface area (Å²) in [5.41, 5.74) is 3.73. The predicted molar refractivity (Wildman–Crippen MR) is 161 cm³/mol. The molecule has 0 radical (unpaired) electrons. The quantitative estimate of drug-likeness (QED) is 0.152. The van der Waals surface area contributed by atoms with Crippen molar-refractivity contribution in [2.45, 2.75) is 19.6 Å². The molecule has 2 aromatic heterocycles. The molecule has 9 nitrogen and oxygen atoms in total. The maximum absolute atomic E-state index is 13.1.